The zero-order valence-electron chi connectivity index (χ0n) is 18.8. The molecule has 0 spiro atoms. The number of hydrogen-bond acceptors (Lipinski definition) is 6. The lowest BCUT2D eigenvalue weighted by atomic mass is 9.98. The molecule has 1 N–H and O–H groups in total. The maximum atomic E-state index is 13.9. The van der Waals surface area contributed by atoms with E-state index in [2.05, 4.69) is 15.1 Å². The number of hydrogen-bond donors (Lipinski definition) is 1. The molecule has 6 rings (SSSR count). The van der Waals surface area contributed by atoms with E-state index in [-0.39, 0.29) is 5.91 Å². The first-order chi connectivity index (χ1) is 16.7. The van der Waals surface area contributed by atoms with Crippen molar-refractivity contribution in [3.05, 3.63) is 83.5 Å². The van der Waals surface area contributed by atoms with Crippen molar-refractivity contribution in [2.45, 2.75) is 19.1 Å². The van der Waals surface area contributed by atoms with Crippen molar-refractivity contribution in [2.75, 3.05) is 20.8 Å². The Morgan fingerprint density at radius 3 is 2.97 bits per heavy atom. The summed E-state index contributed by atoms with van der Waals surface area (Å²) >= 11 is 0. The number of carbonyl (C=O) groups excluding carboxylic acids is 1. The quantitative estimate of drug-likeness (QED) is 0.435. The highest BCUT2D eigenvalue weighted by Crippen LogP contribution is 2.35. The second kappa shape index (κ2) is 7.99. The van der Waals surface area contributed by atoms with Gasteiger partial charge in [0, 0.05) is 38.2 Å². The van der Waals surface area contributed by atoms with Gasteiger partial charge in [-0.15, -0.1) is 0 Å². The summed E-state index contributed by atoms with van der Waals surface area (Å²) < 4.78 is 14.2. The van der Waals surface area contributed by atoms with Crippen LogP contribution in [0.3, 0.4) is 0 Å². The van der Waals surface area contributed by atoms with Gasteiger partial charge in [0.1, 0.15) is 17.3 Å². The molecule has 10 heteroatoms. The number of pyridine rings is 2. The summed E-state index contributed by atoms with van der Waals surface area (Å²) in [4.78, 5) is 23.5. The number of nitrogens with one attached hydrogen (secondary N) is 1. The highest BCUT2D eigenvalue weighted by molar-refractivity contribution is 6.01. The first-order valence-electron chi connectivity index (χ1n) is 11.0. The van der Waals surface area contributed by atoms with E-state index < -0.39 is 6.04 Å². The number of nitrogens with zero attached hydrogens (tertiary/aromatic N) is 6. The first kappa shape index (κ1) is 20.4. The number of ether oxygens (including phenoxy) is 2. The molecule has 5 aromatic rings. The number of aromatic amines is 1. The maximum Gasteiger partial charge on any atom is 0.258 e. The van der Waals surface area contributed by atoms with E-state index in [9.17, 15) is 4.79 Å². The number of fused-ring (bicyclic) bond motifs is 3. The fourth-order valence-electron chi connectivity index (χ4n) is 4.71. The summed E-state index contributed by atoms with van der Waals surface area (Å²) in [5.74, 6) is 0.601. The van der Waals surface area contributed by atoms with Crippen molar-refractivity contribution in [2.24, 2.45) is 0 Å². The van der Waals surface area contributed by atoms with Gasteiger partial charge in [0.2, 0.25) is 0 Å². The lowest BCUT2D eigenvalue weighted by molar-refractivity contribution is 0.0689. The monoisotopic (exact) mass is 457 g/mol. The van der Waals surface area contributed by atoms with Gasteiger partial charge in [0.15, 0.2) is 0 Å². The Hall–Kier alpha value is -4.18. The summed E-state index contributed by atoms with van der Waals surface area (Å²) in [6, 6.07) is 9.15. The fourth-order valence-corrected chi connectivity index (χ4v) is 4.71. The molecule has 0 bridgehead atoms. The van der Waals surface area contributed by atoms with Crippen LogP contribution in [0.25, 0.3) is 11.0 Å². The van der Waals surface area contributed by atoms with Gasteiger partial charge in [-0.05, 0) is 29.8 Å². The van der Waals surface area contributed by atoms with Crippen molar-refractivity contribution in [1.82, 2.24) is 34.1 Å². The van der Waals surface area contributed by atoms with Crippen LogP contribution < -0.4 is 4.74 Å². The summed E-state index contributed by atoms with van der Waals surface area (Å²) in [6.07, 6.45) is 7.73. The van der Waals surface area contributed by atoms with Crippen LogP contribution in [0.2, 0.25) is 0 Å². The minimum atomic E-state index is -0.435. The summed E-state index contributed by atoms with van der Waals surface area (Å²) in [6.45, 7) is 1.01. The Morgan fingerprint density at radius 2 is 2.12 bits per heavy atom. The molecular formula is C24H23N7O3. The molecule has 172 valence electrons. The zero-order chi connectivity index (χ0) is 23.2. The molecule has 0 saturated carbocycles. The van der Waals surface area contributed by atoms with E-state index in [1.165, 1.54) is 0 Å². The maximum absolute atomic E-state index is 13.9. The third kappa shape index (κ3) is 3.14. The second-order valence-corrected chi connectivity index (χ2v) is 8.25. The molecule has 1 aliphatic rings. The van der Waals surface area contributed by atoms with Crippen molar-refractivity contribution in [3.63, 3.8) is 0 Å². The number of carbonyl (C=O) groups is 1. The smallest absolute Gasteiger partial charge is 0.258 e. The van der Waals surface area contributed by atoms with Crippen LogP contribution in [-0.2, 0) is 17.8 Å². The molecule has 5 aromatic heterocycles. The molecule has 1 amide bonds. The van der Waals surface area contributed by atoms with Gasteiger partial charge in [0.25, 0.3) is 5.91 Å². The second-order valence-electron chi connectivity index (χ2n) is 8.25. The predicted molar refractivity (Wildman–Crippen MR) is 123 cm³/mol. The minimum Gasteiger partial charge on any atom is -0.494 e. The fraction of sp³-hybridized carbons (Fsp3) is 0.250. The van der Waals surface area contributed by atoms with Crippen LogP contribution in [0.5, 0.6) is 5.75 Å². The van der Waals surface area contributed by atoms with Crippen molar-refractivity contribution in [1.29, 1.82) is 0 Å². The van der Waals surface area contributed by atoms with E-state index in [0.717, 1.165) is 33.7 Å². The molecule has 1 atom stereocenters. The van der Waals surface area contributed by atoms with Gasteiger partial charge in [-0.1, -0.05) is 6.07 Å². The summed E-state index contributed by atoms with van der Waals surface area (Å²) in [5.41, 5.74) is 5.64. The zero-order valence-corrected chi connectivity index (χ0v) is 18.8. The Labute approximate surface area is 194 Å². The van der Waals surface area contributed by atoms with Crippen LogP contribution in [0.15, 0.2) is 55.2 Å². The summed E-state index contributed by atoms with van der Waals surface area (Å²) in [7, 11) is 3.28. The Balaban J connectivity index is 1.44. The number of aromatic nitrogens is 6. The highest BCUT2D eigenvalue weighted by Gasteiger charge is 2.37. The molecule has 10 nitrogen and oxygen atoms in total. The van der Waals surface area contributed by atoms with Crippen molar-refractivity contribution >= 4 is 16.9 Å². The Bertz CT molecular complexity index is 1520. The molecule has 0 saturated heterocycles. The van der Waals surface area contributed by atoms with Crippen LogP contribution in [0.4, 0.5) is 0 Å². The number of amides is 1. The van der Waals surface area contributed by atoms with Crippen LogP contribution in [0.1, 0.15) is 39.0 Å². The average molecular weight is 457 g/mol. The number of rotatable bonds is 5. The molecule has 34 heavy (non-hydrogen) atoms. The van der Waals surface area contributed by atoms with Gasteiger partial charge in [-0.2, -0.15) is 10.2 Å². The topological polar surface area (TPSA) is 102 Å². The van der Waals surface area contributed by atoms with Gasteiger partial charge in [-0.25, -0.2) is 14.0 Å². The number of methoxy groups -OCH3 is 2. The van der Waals surface area contributed by atoms with Gasteiger partial charge in [-0.3, -0.25) is 4.79 Å². The third-order valence-corrected chi connectivity index (χ3v) is 6.29. The van der Waals surface area contributed by atoms with Crippen LogP contribution in [0, 0.1) is 0 Å². The van der Waals surface area contributed by atoms with Gasteiger partial charge < -0.3 is 19.4 Å². The standard InChI is InChI=1S/C24H23N7O3/c1-33-13-15-5-6-19-16(11-27-31(19)12-15)24(32)29-9-7-17-22(26-14-25-17)23(29)18-10-20-21(34-2)4-3-8-30(20)28-18/h3-6,8,10-12,14,23H,7,9,13H2,1-2H3,(H,25,26). The lowest BCUT2D eigenvalue weighted by Crippen LogP contribution is -2.41. The van der Waals surface area contributed by atoms with E-state index in [4.69, 9.17) is 14.6 Å². The van der Waals surface area contributed by atoms with Crippen molar-refractivity contribution in [3.8, 4) is 5.75 Å². The van der Waals surface area contributed by atoms with E-state index in [0.29, 0.717) is 30.9 Å². The van der Waals surface area contributed by atoms with E-state index in [1.54, 1.807) is 35.8 Å². The molecule has 0 radical (unpaired) electrons. The largest absolute Gasteiger partial charge is 0.494 e. The first-order valence-corrected chi connectivity index (χ1v) is 11.0. The van der Waals surface area contributed by atoms with E-state index in [1.807, 2.05) is 47.6 Å². The van der Waals surface area contributed by atoms with E-state index >= 15 is 0 Å². The van der Waals surface area contributed by atoms with Crippen molar-refractivity contribution < 1.29 is 14.3 Å². The summed E-state index contributed by atoms with van der Waals surface area (Å²) in [5, 5.41) is 9.21. The molecule has 0 fully saturated rings. The Kier molecular flexibility index (Phi) is 4.80. The minimum absolute atomic E-state index is 0.114. The molecule has 0 aliphatic carbocycles. The number of imidazole rings is 1. The van der Waals surface area contributed by atoms with Crippen LogP contribution >= 0.6 is 0 Å². The average Bonchev–Trinajstić information content (AvgIpc) is 3.60. The number of H-pyrrole nitrogens is 1. The normalized spacial score (nSPS) is 15.7. The van der Waals surface area contributed by atoms with Gasteiger partial charge in [0.05, 0.1) is 48.7 Å². The Morgan fingerprint density at radius 1 is 1.21 bits per heavy atom. The molecule has 6 heterocycles. The van der Waals surface area contributed by atoms with Gasteiger partial charge >= 0.3 is 0 Å². The lowest BCUT2D eigenvalue weighted by Gasteiger charge is -2.33. The highest BCUT2D eigenvalue weighted by atomic mass is 16.5. The molecule has 1 unspecified atom stereocenters. The molecular weight excluding hydrogens is 434 g/mol. The molecule has 0 aromatic carbocycles. The SMILES string of the molecule is COCc1ccc2c(C(=O)N3CCc4[nH]cnc4C3c3cc4c(OC)cccn4n3)cnn2c1. The third-order valence-electron chi connectivity index (χ3n) is 6.29. The predicted octanol–water partition coefficient (Wildman–Crippen LogP) is 2.65. The van der Waals surface area contributed by atoms with Crippen LogP contribution in [-0.4, -0.2) is 60.8 Å². The molecule has 1 aliphatic heterocycles.